The van der Waals surface area contributed by atoms with Gasteiger partial charge < -0.3 is 0 Å². The lowest BCUT2D eigenvalue weighted by atomic mass is 10.1. The minimum atomic E-state index is 0.615. The molecule has 0 saturated carbocycles. The van der Waals surface area contributed by atoms with Crippen molar-refractivity contribution in [3.63, 3.8) is 0 Å². The fourth-order valence-corrected chi connectivity index (χ4v) is 1.17. The second kappa shape index (κ2) is 2.74. The van der Waals surface area contributed by atoms with Gasteiger partial charge in [0.1, 0.15) is 0 Å². The number of pyridine rings is 1. The fourth-order valence-electron chi connectivity index (χ4n) is 1.17. The van der Waals surface area contributed by atoms with Crippen molar-refractivity contribution >= 4 is 17.2 Å². The molecular formula is C10H6NO. The van der Waals surface area contributed by atoms with Crippen LogP contribution in [0.3, 0.4) is 0 Å². The van der Waals surface area contributed by atoms with Crippen LogP contribution in [0, 0.1) is 6.20 Å². The van der Waals surface area contributed by atoms with Crippen molar-refractivity contribution in [2.45, 2.75) is 0 Å². The van der Waals surface area contributed by atoms with E-state index in [1.54, 1.807) is 12.1 Å². The highest BCUT2D eigenvalue weighted by molar-refractivity contribution is 5.95. The molecule has 0 bridgehead atoms. The molecule has 1 aromatic carbocycles. The second-order valence-electron chi connectivity index (χ2n) is 2.48. The van der Waals surface area contributed by atoms with E-state index in [0.29, 0.717) is 5.56 Å². The lowest BCUT2D eigenvalue weighted by molar-refractivity contribution is 0.112. The van der Waals surface area contributed by atoms with Crippen molar-refractivity contribution in [1.29, 1.82) is 0 Å². The van der Waals surface area contributed by atoms with Crippen LogP contribution in [0.2, 0.25) is 0 Å². The maximum atomic E-state index is 10.6. The molecule has 57 valence electrons. The first kappa shape index (κ1) is 6.98. The number of fused-ring (bicyclic) bond motifs is 1. The zero-order chi connectivity index (χ0) is 8.39. The van der Waals surface area contributed by atoms with Gasteiger partial charge in [-0.15, -0.1) is 0 Å². The van der Waals surface area contributed by atoms with Gasteiger partial charge in [0.05, 0.1) is 11.7 Å². The van der Waals surface area contributed by atoms with Crippen LogP contribution in [0.5, 0.6) is 0 Å². The lowest BCUT2D eigenvalue weighted by Gasteiger charge is -1.96. The Kier molecular flexibility index (Phi) is 1.59. The van der Waals surface area contributed by atoms with Crippen LogP contribution >= 0.6 is 0 Å². The number of hydrogen-bond donors (Lipinski definition) is 0. The summed E-state index contributed by atoms with van der Waals surface area (Å²) < 4.78 is 0. The maximum absolute atomic E-state index is 10.6. The molecular weight excluding hydrogens is 150 g/mol. The number of aldehydes is 1. The molecule has 2 heteroatoms. The van der Waals surface area contributed by atoms with Gasteiger partial charge in [0.2, 0.25) is 0 Å². The van der Waals surface area contributed by atoms with Gasteiger partial charge in [0.25, 0.3) is 0 Å². The van der Waals surface area contributed by atoms with Crippen molar-refractivity contribution in [3.8, 4) is 0 Å². The average molecular weight is 156 g/mol. The molecule has 12 heavy (non-hydrogen) atoms. The number of rotatable bonds is 1. The van der Waals surface area contributed by atoms with Crippen LogP contribution in [0.15, 0.2) is 30.3 Å². The van der Waals surface area contributed by atoms with Crippen LogP contribution < -0.4 is 0 Å². The standard InChI is InChI=1S/C10H6NO/c12-7-9-4-1-3-8-5-2-6-11-10(8)9/h1-5,7H. The van der Waals surface area contributed by atoms with Gasteiger partial charge in [0.15, 0.2) is 6.29 Å². The Morgan fingerprint density at radius 2 is 2.25 bits per heavy atom. The molecule has 0 amide bonds. The number of aromatic nitrogens is 1. The molecule has 0 aliphatic rings. The second-order valence-corrected chi connectivity index (χ2v) is 2.48. The SMILES string of the molecule is O=Cc1cccc2cc[c]nc12. The van der Waals surface area contributed by atoms with Gasteiger partial charge in [-0.2, -0.15) is 0 Å². The summed E-state index contributed by atoms with van der Waals surface area (Å²) in [5.74, 6) is 0. The van der Waals surface area contributed by atoms with E-state index < -0.39 is 0 Å². The predicted molar refractivity (Wildman–Crippen MR) is 46.0 cm³/mol. The molecule has 0 fully saturated rings. The predicted octanol–water partition coefficient (Wildman–Crippen LogP) is 1.85. The molecule has 0 saturated heterocycles. The fraction of sp³-hybridized carbons (Fsp3) is 0. The van der Waals surface area contributed by atoms with Gasteiger partial charge in [-0.05, 0) is 12.1 Å². The van der Waals surface area contributed by atoms with Crippen molar-refractivity contribution in [3.05, 3.63) is 42.1 Å². The summed E-state index contributed by atoms with van der Waals surface area (Å²) in [5.41, 5.74) is 1.33. The highest BCUT2D eigenvalue weighted by atomic mass is 16.1. The van der Waals surface area contributed by atoms with Crippen molar-refractivity contribution in [2.75, 3.05) is 0 Å². The van der Waals surface area contributed by atoms with Gasteiger partial charge in [0, 0.05) is 10.9 Å². The van der Waals surface area contributed by atoms with Crippen LogP contribution in [0.4, 0.5) is 0 Å². The number of para-hydroxylation sites is 1. The van der Waals surface area contributed by atoms with Gasteiger partial charge >= 0.3 is 0 Å². The Hall–Kier alpha value is -1.70. The number of carbonyl (C=O) groups excluding carboxylic acids is 1. The van der Waals surface area contributed by atoms with Crippen LogP contribution in [-0.2, 0) is 0 Å². The Morgan fingerprint density at radius 3 is 3.08 bits per heavy atom. The van der Waals surface area contributed by atoms with Gasteiger partial charge in [-0.25, -0.2) is 4.98 Å². The van der Waals surface area contributed by atoms with Crippen molar-refractivity contribution < 1.29 is 4.79 Å². The van der Waals surface area contributed by atoms with Crippen LogP contribution in [0.1, 0.15) is 10.4 Å². The van der Waals surface area contributed by atoms with Crippen molar-refractivity contribution in [1.82, 2.24) is 4.98 Å². The molecule has 2 rings (SSSR count). The number of nitrogens with zero attached hydrogens (tertiary/aromatic N) is 1. The first-order chi connectivity index (χ1) is 5.92. The molecule has 0 unspecified atom stereocenters. The minimum Gasteiger partial charge on any atom is -0.298 e. The normalized spacial score (nSPS) is 10.0. The molecule has 0 spiro atoms. The molecule has 1 radical (unpaired) electrons. The van der Waals surface area contributed by atoms with Crippen LogP contribution in [-0.4, -0.2) is 11.3 Å². The maximum Gasteiger partial charge on any atom is 0.152 e. The van der Waals surface area contributed by atoms with E-state index in [2.05, 4.69) is 11.2 Å². The first-order valence-corrected chi connectivity index (χ1v) is 3.63. The quantitative estimate of drug-likeness (QED) is 0.590. The molecule has 0 atom stereocenters. The Morgan fingerprint density at radius 1 is 1.33 bits per heavy atom. The topological polar surface area (TPSA) is 30.0 Å². The van der Waals surface area contributed by atoms with E-state index in [4.69, 9.17) is 0 Å². The lowest BCUT2D eigenvalue weighted by Crippen LogP contribution is -1.85. The molecule has 1 aromatic heterocycles. The van der Waals surface area contributed by atoms with Gasteiger partial charge in [-0.3, -0.25) is 4.79 Å². The summed E-state index contributed by atoms with van der Waals surface area (Å²) >= 11 is 0. The summed E-state index contributed by atoms with van der Waals surface area (Å²) in [6, 6.07) is 9.12. The zero-order valence-corrected chi connectivity index (χ0v) is 6.32. The third kappa shape index (κ3) is 0.975. The number of hydrogen-bond acceptors (Lipinski definition) is 2. The number of benzene rings is 1. The summed E-state index contributed by atoms with van der Waals surface area (Å²) in [5, 5.41) is 0.971. The minimum absolute atomic E-state index is 0.615. The highest BCUT2D eigenvalue weighted by Gasteiger charge is 1.98. The summed E-state index contributed by atoms with van der Waals surface area (Å²) in [7, 11) is 0. The molecule has 0 aliphatic carbocycles. The smallest absolute Gasteiger partial charge is 0.152 e. The Labute approximate surface area is 69.9 Å². The molecule has 1 heterocycles. The average Bonchev–Trinajstić information content (AvgIpc) is 2.17. The largest absolute Gasteiger partial charge is 0.298 e. The van der Waals surface area contributed by atoms with E-state index in [9.17, 15) is 4.79 Å². The summed E-state index contributed by atoms with van der Waals surface area (Å²) in [6.45, 7) is 0. The van der Waals surface area contributed by atoms with E-state index in [1.807, 2.05) is 18.2 Å². The highest BCUT2D eigenvalue weighted by Crippen LogP contribution is 2.13. The molecule has 2 nitrogen and oxygen atoms in total. The van der Waals surface area contributed by atoms with E-state index in [-0.39, 0.29) is 0 Å². The Balaban J connectivity index is 2.88. The monoisotopic (exact) mass is 156 g/mol. The Bertz CT molecular complexity index is 418. The van der Waals surface area contributed by atoms with E-state index in [1.165, 1.54) is 0 Å². The van der Waals surface area contributed by atoms with Gasteiger partial charge in [-0.1, -0.05) is 18.2 Å². The summed E-state index contributed by atoms with van der Waals surface area (Å²) in [4.78, 5) is 14.6. The number of carbonyl (C=O) groups is 1. The third-order valence-electron chi connectivity index (χ3n) is 1.74. The van der Waals surface area contributed by atoms with E-state index in [0.717, 1.165) is 17.2 Å². The summed E-state index contributed by atoms with van der Waals surface area (Å²) in [6.07, 6.45) is 3.51. The molecule has 0 aliphatic heterocycles. The first-order valence-electron chi connectivity index (χ1n) is 3.63. The van der Waals surface area contributed by atoms with E-state index >= 15 is 0 Å². The molecule has 0 N–H and O–H groups in total. The van der Waals surface area contributed by atoms with Crippen LogP contribution in [0.25, 0.3) is 10.9 Å². The molecule has 2 aromatic rings. The van der Waals surface area contributed by atoms with Crippen molar-refractivity contribution in [2.24, 2.45) is 0 Å². The zero-order valence-electron chi connectivity index (χ0n) is 6.32. The third-order valence-corrected chi connectivity index (χ3v) is 1.74.